The highest BCUT2D eigenvalue weighted by Gasteiger charge is 2.30. The van der Waals surface area contributed by atoms with Crippen LogP contribution in [0.25, 0.3) is 11.4 Å². The summed E-state index contributed by atoms with van der Waals surface area (Å²) in [6.45, 7) is 5.19. The Morgan fingerprint density at radius 2 is 1.86 bits per heavy atom. The highest BCUT2D eigenvalue weighted by Crippen LogP contribution is 2.25. The lowest BCUT2D eigenvalue weighted by Crippen LogP contribution is -2.49. The maximum Gasteiger partial charge on any atom is 0.243 e. The van der Waals surface area contributed by atoms with Crippen molar-refractivity contribution in [1.82, 2.24) is 30.3 Å². The summed E-state index contributed by atoms with van der Waals surface area (Å²) in [6.07, 6.45) is 3.92. The lowest BCUT2D eigenvalue weighted by molar-refractivity contribution is -0.132. The van der Waals surface area contributed by atoms with Gasteiger partial charge < -0.3 is 20.6 Å². The number of benzene rings is 2. The van der Waals surface area contributed by atoms with E-state index in [0.717, 1.165) is 16.9 Å². The van der Waals surface area contributed by atoms with Crippen molar-refractivity contribution in [3.8, 4) is 17.1 Å². The SMILES string of the molecule is CSCC[C@@H]1NC(=O)CCCN(C(=O)CCc2cccc(O)c2)CCn2nc(-c3ccccc3)nc2[C@@H](C(C)C)NC1=O. The minimum Gasteiger partial charge on any atom is -0.508 e. The molecule has 3 N–H and O–H groups in total. The molecule has 0 bridgehead atoms. The van der Waals surface area contributed by atoms with Crippen LogP contribution >= 0.6 is 11.8 Å². The number of aromatic nitrogens is 3. The van der Waals surface area contributed by atoms with Gasteiger partial charge in [-0.25, -0.2) is 9.67 Å². The summed E-state index contributed by atoms with van der Waals surface area (Å²) in [7, 11) is 0. The van der Waals surface area contributed by atoms with Crippen molar-refractivity contribution in [2.75, 3.05) is 25.1 Å². The third-order valence-electron chi connectivity index (χ3n) is 7.54. The number of carbonyl (C=O) groups is 3. The molecule has 2 aromatic carbocycles. The molecule has 0 radical (unpaired) electrons. The average molecular weight is 607 g/mol. The van der Waals surface area contributed by atoms with Gasteiger partial charge in [0.25, 0.3) is 0 Å². The summed E-state index contributed by atoms with van der Waals surface area (Å²) in [5.74, 6) is 1.56. The van der Waals surface area contributed by atoms with Gasteiger partial charge in [-0.3, -0.25) is 14.4 Å². The van der Waals surface area contributed by atoms with E-state index < -0.39 is 12.1 Å². The zero-order valence-electron chi connectivity index (χ0n) is 25.2. The van der Waals surface area contributed by atoms with Crippen molar-refractivity contribution in [1.29, 1.82) is 0 Å². The topological polar surface area (TPSA) is 129 Å². The molecule has 1 aromatic heterocycles. The maximum atomic E-state index is 13.5. The second kappa shape index (κ2) is 15.6. The van der Waals surface area contributed by atoms with E-state index >= 15 is 0 Å². The molecule has 1 aliphatic heterocycles. The second-order valence-electron chi connectivity index (χ2n) is 11.2. The molecular weight excluding hydrogens is 564 g/mol. The van der Waals surface area contributed by atoms with Crippen molar-refractivity contribution in [3.05, 3.63) is 66.0 Å². The number of rotatable bonds is 8. The molecule has 11 heteroatoms. The van der Waals surface area contributed by atoms with E-state index in [1.54, 1.807) is 34.9 Å². The van der Waals surface area contributed by atoms with Crippen LogP contribution in [0.2, 0.25) is 0 Å². The highest BCUT2D eigenvalue weighted by molar-refractivity contribution is 7.98. The number of thioether (sulfide) groups is 1. The first kappa shape index (κ1) is 32.1. The summed E-state index contributed by atoms with van der Waals surface area (Å²) >= 11 is 1.62. The number of amides is 3. The van der Waals surface area contributed by atoms with Crippen molar-refractivity contribution < 1.29 is 19.5 Å². The number of phenolic OH excluding ortho intramolecular Hbond substituents is 1. The number of fused-ring (bicyclic) bond motifs is 1. The lowest BCUT2D eigenvalue weighted by atomic mass is 10.0. The predicted octanol–water partition coefficient (Wildman–Crippen LogP) is 3.96. The van der Waals surface area contributed by atoms with E-state index in [2.05, 4.69) is 10.6 Å². The minimum absolute atomic E-state index is 0.0136. The standard InChI is InChI=1S/C32H42N6O4S/c1-22(2)29-31-35-30(24-10-5-4-6-11-24)36-38(31)19-18-37(28(41)15-14-23-9-7-12-25(39)21-23)17-8-13-27(40)33-26(16-20-43-3)32(42)34-29/h4-7,9-12,21-22,26,29,39H,8,13-20H2,1-3H3,(H,33,40)(H,34,42)/t26-,29+/m0/s1. The molecule has 1 aliphatic rings. The van der Waals surface area contributed by atoms with Crippen LogP contribution in [0.1, 0.15) is 57.0 Å². The van der Waals surface area contributed by atoms with Gasteiger partial charge in [0.15, 0.2) is 11.6 Å². The van der Waals surface area contributed by atoms with E-state index in [4.69, 9.17) is 10.1 Å². The quantitative estimate of drug-likeness (QED) is 0.354. The normalized spacial score (nSPS) is 18.5. The molecule has 0 saturated heterocycles. The number of aryl methyl sites for hydroxylation is 1. The Morgan fingerprint density at radius 1 is 1.07 bits per heavy atom. The van der Waals surface area contributed by atoms with Crippen LogP contribution in [0.15, 0.2) is 54.6 Å². The number of nitrogens with zero attached hydrogens (tertiary/aromatic N) is 4. The first-order chi connectivity index (χ1) is 20.7. The fraction of sp³-hybridized carbons (Fsp3) is 0.469. The number of hydrogen-bond donors (Lipinski definition) is 3. The molecule has 0 saturated carbocycles. The summed E-state index contributed by atoms with van der Waals surface area (Å²) in [5, 5.41) is 20.7. The van der Waals surface area contributed by atoms with E-state index in [1.807, 2.05) is 61.2 Å². The number of hydrogen-bond acceptors (Lipinski definition) is 7. The Morgan fingerprint density at radius 3 is 2.58 bits per heavy atom. The van der Waals surface area contributed by atoms with E-state index in [9.17, 15) is 19.5 Å². The molecule has 4 rings (SSSR count). The van der Waals surface area contributed by atoms with E-state index in [0.29, 0.717) is 50.5 Å². The maximum absolute atomic E-state index is 13.5. The van der Waals surface area contributed by atoms with Gasteiger partial charge in [0, 0.05) is 31.5 Å². The van der Waals surface area contributed by atoms with Crippen molar-refractivity contribution in [2.24, 2.45) is 5.92 Å². The fourth-order valence-electron chi connectivity index (χ4n) is 5.14. The van der Waals surface area contributed by atoms with Gasteiger partial charge in [-0.2, -0.15) is 16.9 Å². The summed E-state index contributed by atoms with van der Waals surface area (Å²) in [6, 6.07) is 15.5. The van der Waals surface area contributed by atoms with Crippen LogP contribution in [0, 0.1) is 5.92 Å². The summed E-state index contributed by atoms with van der Waals surface area (Å²) < 4.78 is 1.81. The van der Waals surface area contributed by atoms with Gasteiger partial charge in [-0.05, 0) is 54.9 Å². The Labute approximate surface area is 257 Å². The fourth-order valence-corrected chi connectivity index (χ4v) is 5.61. The Balaban J connectivity index is 1.65. The molecule has 3 aromatic rings. The first-order valence-electron chi connectivity index (χ1n) is 14.9. The Kier molecular flexibility index (Phi) is 11.6. The van der Waals surface area contributed by atoms with Crippen molar-refractivity contribution in [2.45, 2.75) is 64.6 Å². The van der Waals surface area contributed by atoms with Gasteiger partial charge >= 0.3 is 0 Å². The van der Waals surface area contributed by atoms with Gasteiger partial charge in [0.2, 0.25) is 17.7 Å². The van der Waals surface area contributed by atoms with Gasteiger partial charge in [0.05, 0.1) is 12.6 Å². The van der Waals surface area contributed by atoms with Crippen LogP contribution in [0.5, 0.6) is 5.75 Å². The monoisotopic (exact) mass is 606 g/mol. The van der Waals surface area contributed by atoms with Gasteiger partial charge in [-0.1, -0.05) is 56.3 Å². The van der Waals surface area contributed by atoms with Crippen LogP contribution in [-0.2, 0) is 27.3 Å². The molecular formula is C32H42N6O4S. The molecule has 10 nitrogen and oxygen atoms in total. The largest absolute Gasteiger partial charge is 0.508 e. The van der Waals surface area contributed by atoms with E-state index in [1.165, 1.54) is 0 Å². The van der Waals surface area contributed by atoms with Crippen molar-refractivity contribution in [3.63, 3.8) is 0 Å². The number of carbonyl (C=O) groups excluding carboxylic acids is 3. The van der Waals surface area contributed by atoms with Crippen molar-refractivity contribution >= 4 is 29.5 Å². The number of phenols is 1. The molecule has 3 amide bonds. The number of nitrogens with one attached hydrogen (secondary N) is 2. The second-order valence-corrected chi connectivity index (χ2v) is 12.2. The molecule has 2 heterocycles. The third-order valence-corrected chi connectivity index (χ3v) is 8.19. The smallest absolute Gasteiger partial charge is 0.243 e. The zero-order valence-corrected chi connectivity index (χ0v) is 26.0. The Hall–Kier alpha value is -3.86. The summed E-state index contributed by atoms with van der Waals surface area (Å²) in [5.41, 5.74) is 1.74. The molecule has 0 aliphatic carbocycles. The van der Waals surface area contributed by atoms with Crippen LogP contribution < -0.4 is 10.6 Å². The molecule has 43 heavy (non-hydrogen) atoms. The van der Waals surface area contributed by atoms with Crippen LogP contribution in [-0.4, -0.2) is 73.6 Å². The number of aromatic hydroxyl groups is 1. The molecule has 0 fully saturated rings. The minimum atomic E-state index is -0.672. The lowest BCUT2D eigenvalue weighted by Gasteiger charge is -2.28. The molecule has 0 unspecified atom stereocenters. The Bertz CT molecular complexity index is 1380. The zero-order chi connectivity index (χ0) is 30.8. The van der Waals surface area contributed by atoms with Gasteiger partial charge in [0.1, 0.15) is 11.8 Å². The first-order valence-corrected chi connectivity index (χ1v) is 16.3. The highest BCUT2D eigenvalue weighted by atomic mass is 32.2. The molecule has 230 valence electrons. The molecule has 0 spiro atoms. The summed E-state index contributed by atoms with van der Waals surface area (Å²) in [4.78, 5) is 46.6. The third kappa shape index (κ3) is 9.06. The van der Waals surface area contributed by atoms with E-state index in [-0.39, 0.29) is 42.2 Å². The molecule has 2 atom stereocenters. The van der Waals surface area contributed by atoms with Crippen LogP contribution in [0.3, 0.4) is 0 Å². The van der Waals surface area contributed by atoms with Gasteiger partial charge in [-0.15, -0.1) is 0 Å². The predicted molar refractivity (Wildman–Crippen MR) is 168 cm³/mol. The van der Waals surface area contributed by atoms with Crippen LogP contribution in [0.4, 0.5) is 0 Å². The average Bonchev–Trinajstić information content (AvgIpc) is 3.42.